The maximum atomic E-state index is 12.9. The van der Waals surface area contributed by atoms with Crippen molar-refractivity contribution in [3.8, 4) is 5.75 Å². The Bertz CT molecular complexity index is 906. The van der Waals surface area contributed by atoms with Crippen molar-refractivity contribution in [2.24, 2.45) is 5.92 Å². The van der Waals surface area contributed by atoms with Crippen LogP contribution >= 0.6 is 11.6 Å². The zero-order chi connectivity index (χ0) is 22.3. The number of nitrogens with zero attached hydrogens (tertiary/aromatic N) is 2. The summed E-state index contributed by atoms with van der Waals surface area (Å²) in [6.07, 6.45) is 7.81. The average molecular weight is 456 g/mol. The Kier molecular flexibility index (Phi) is 7.93. The number of ether oxygens (including phenoxy) is 1. The summed E-state index contributed by atoms with van der Waals surface area (Å²) in [6.45, 7) is 5.82. The van der Waals surface area contributed by atoms with Crippen molar-refractivity contribution in [1.82, 2.24) is 4.90 Å². The standard InChI is InChI=1S/C26H34ClN3O2/c1-32-23-8-9-25(24(19-23)28-26(31)21-6-5-7-22(27)18-21)30-16-11-20(12-17-30)10-15-29-13-3-2-4-14-29/h5-9,18-20H,2-4,10-17H2,1H3,(H,28,31). The van der Waals surface area contributed by atoms with Crippen molar-refractivity contribution < 1.29 is 9.53 Å². The van der Waals surface area contributed by atoms with Gasteiger partial charge in [0.05, 0.1) is 18.5 Å². The average Bonchev–Trinajstić information content (AvgIpc) is 2.84. The molecular weight excluding hydrogens is 422 g/mol. The molecule has 32 heavy (non-hydrogen) atoms. The first-order valence-corrected chi connectivity index (χ1v) is 12.2. The number of likely N-dealkylation sites (tertiary alicyclic amines) is 1. The summed E-state index contributed by atoms with van der Waals surface area (Å²) in [5.74, 6) is 1.35. The van der Waals surface area contributed by atoms with Gasteiger partial charge in [0.2, 0.25) is 0 Å². The number of rotatable bonds is 7. The number of benzene rings is 2. The summed E-state index contributed by atoms with van der Waals surface area (Å²) in [4.78, 5) is 17.9. The molecule has 1 N–H and O–H groups in total. The van der Waals surface area contributed by atoms with Gasteiger partial charge in [-0.25, -0.2) is 0 Å². The maximum absolute atomic E-state index is 12.9. The van der Waals surface area contributed by atoms with Gasteiger partial charge in [0, 0.05) is 29.7 Å². The summed E-state index contributed by atoms with van der Waals surface area (Å²) >= 11 is 6.07. The molecule has 2 aromatic rings. The zero-order valence-corrected chi connectivity index (χ0v) is 19.7. The number of piperidine rings is 2. The van der Waals surface area contributed by atoms with Gasteiger partial charge in [0.15, 0.2) is 0 Å². The van der Waals surface area contributed by atoms with E-state index >= 15 is 0 Å². The molecule has 2 aliphatic heterocycles. The van der Waals surface area contributed by atoms with Gasteiger partial charge in [-0.05, 0) is 88.0 Å². The van der Waals surface area contributed by atoms with E-state index in [-0.39, 0.29) is 5.91 Å². The number of carbonyl (C=O) groups is 1. The van der Waals surface area contributed by atoms with Crippen LogP contribution in [0, 0.1) is 5.92 Å². The number of methoxy groups -OCH3 is 1. The van der Waals surface area contributed by atoms with Gasteiger partial charge in [-0.15, -0.1) is 0 Å². The second kappa shape index (κ2) is 11.1. The van der Waals surface area contributed by atoms with Gasteiger partial charge < -0.3 is 19.9 Å². The number of amides is 1. The van der Waals surface area contributed by atoms with Gasteiger partial charge in [-0.3, -0.25) is 4.79 Å². The van der Waals surface area contributed by atoms with Crippen LogP contribution in [0.2, 0.25) is 5.02 Å². The SMILES string of the molecule is COc1ccc(N2CCC(CCN3CCCCC3)CC2)c(NC(=O)c2cccc(Cl)c2)c1. The lowest BCUT2D eigenvalue weighted by Crippen LogP contribution is -2.36. The molecule has 0 aromatic heterocycles. The molecule has 0 radical (unpaired) electrons. The first-order valence-electron chi connectivity index (χ1n) is 11.8. The summed E-state index contributed by atoms with van der Waals surface area (Å²) < 4.78 is 5.41. The highest BCUT2D eigenvalue weighted by Gasteiger charge is 2.23. The van der Waals surface area contributed by atoms with Gasteiger partial charge >= 0.3 is 0 Å². The molecule has 0 bridgehead atoms. The van der Waals surface area contributed by atoms with E-state index in [4.69, 9.17) is 16.3 Å². The smallest absolute Gasteiger partial charge is 0.255 e. The fourth-order valence-corrected chi connectivity index (χ4v) is 5.04. The predicted molar refractivity (Wildman–Crippen MR) is 132 cm³/mol. The molecule has 2 fully saturated rings. The molecule has 4 rings (SSSR count). The van der Waals surface area contributed by atoms with Crippen molar-refractivity contribution in [1.29, 1.82) is 0 Å². The molecule has 1 amide bonds. The molecule has 2 saturated heterocycles. The molecular formula is C26H34ClN3O2. The Morgan fingerprint density at radius 1 is 1.06 bits per heavy atom. The van der Waals surface area contributed by atoms with Crippen LogP contribution in [0.3, 0.4) is 0 Å². The van der Waals surface area contributed by atoms with Crippen LogP contribution in [0.15, 0.2) is 42.5 Å². The monoisotopic (exact) mass is 455 g/mol. The highest BCUT2D eigenvalue weighted by atomic mass is 35.5. The molecule has 0 saturated carbocycles. The Labute approximate surface area is 196 Å². The largest absolute Gasteiger partial charge is 0.497 e. The molecule has 2 aromatic carbocycles. The van der Waals surface area contributed by atoms with E-state index in [0.29, 0.717) is 10.6 Å². The molecule has 0 atom stereocenters. The van der Waals surface area contributed by atoms with Gasteiger partial charge in [-0.1, -0.05) is 24.1 Å². The second-order valence-electron chi connectivity index (χ2n) is 8.97. The van der Waals surface area contributed by atoms with Crippen molar-refractivity contribution in [3.05, 3.63) is 53.1 Å². The minimum absolute atomic E-state index is 0.168. The summed E-state index contributed by atoms with van der Waals surface area (Å²) in [7, 11) is 1.64. The fraction of sp³-hybridized carbons (Fsp3) is 0.500. The van der Waals surface area contributed by atoms with E-state index in [1.165, 1.54) is 58.2 Å². The lowest BCUT2D eigenvalue weighted by molar-refractivity contribution is 0.102. The molecule has 2 heterocycles. The number of nitrogens with one attached hydrogen (secondary N) is 1. The van der Waals surface area contributed by atoms with Gasteiger partial charge in [0.25, 0.3) is 5.91 Å². The topological polar surface area (TPSA) is 44.8 Å². The Balaban J connectivity index is 1.39. The van der Waals surface area contributed by atoms with E-state index in [1.807, 2.05) is 12.1 Å². The van der Waals surface area contributed by atoms with Crippen LogP contribution in [0.1, 0.15) is 48.9 Å². The molecule has 0 aliphatic carbocycles. The summed E-state index contributed by atoms with van der Waals surface area (Å²) in [5.41, 5.74) is 2.37. The number of anilines is 2. The minimum atomic E-state index is -0.168. The van der Waals surface area contributed by atoms with Crippen LogP contribution in [-0.2, 0) is 0 Å². The normalized spacial score (nSPS) is 17.9. The van der Waals surface area contributed by atoms with Crippen molar-refractivity contribution >= 4 is 28.9 Å². The molecule has 6 heteroatoms. The van der Waals surface area contributed by atoms with Crippen LogP contribution < -0.4 is 15.0 Å². The Hall–Kier alpha value is -2.24. The van der Waals surface area contributed by atoms with E-state index < -0.39 is 0 Å². The number of carbonyl (C=O) groups excluding carboxylic acids is 1. The van der Waals surface area contributed by atoms with E-state index in [2.05, 4.69) is 21.2 Å². The van der Waals surface area contributed by atoms with Gasteiger partial charge in [0.1, 0.15) is 5.75 Å². The first kappa shape index (κ1) is 22.9. The van der Waals surface area contributed by atoms with Crippen LogP contribution in [0.4, 0.5) is 11.4 Å². The highest BCUT2D eigenvalue weighted by molar-refractivity contribution is 6.31. The highest BCUT2D eigenvalue weighted by Crippen LogP contribution is 2.34. The Morgan fingerprint density at radius 2 is 1.84 bits per heavy atom. The number of hydrogen-bond donors (Lipinski definition) is 1. The van der Waals surface area contributed by atoms with Crippen LogP contribution in [0.5, 0.6) is 5.75 Å². The molecule has 0 spiro atoms. The first-order chi connectivity index (χ1) is 15.6. The lowest BCUT2D eigenvalue weighted by atomic mass is 9.92. The van der Waals surface area contributed by atoms with Crippen molar-refractivity contribution in [2.75, 3.05) is 50.1 Å². The summed E-state index contributed by atoms with van der Waals surface area (Å²) in [6, 6.07) is 12.9. The quantitative estimate of drug-likeness (QED) is 0.582. The van der Waals surface area contributed by atoms with Gasteiger partial charge in [-0.2, -0.15) is 0 Å². The van der Waals surface area contributed by atoms with E-state index in [9.17, 15) is 4.79 Å². The zero-order valence-electron chi connectivity index (χ0n) is 19.0. The van der Waals surface area contributed by atoms with Crippen LogP contribution in [-0.4, -0.2) is 50.6 Å². The molecule has 172 valence electrons. The number of hydrogen-bond acceptors (Lipinski definition) is 4. The third-order valence-corrected chi connectivity index (χ3v) is 7.03. The van der Waals surface area contributed by atoms with Crippen molar-refractivity contribution in [3.63, 3.8) is 0 Å². The molecule has 2 aliphatic rings. The van der Waals surface area contributed by atoms with Crippen LogP contribution in [0.25, 0.3) is 0 Å². The third-order valence-electron chi connectivity index (χ3n) is 6.80. The number of halogens is 1. The molecule has 0 unspecified atom stereocenters. The third kappa shape index (κ3) is 5.96. The Morgan fingerprint density at radius 3 is 2.56 bits per heavy atom. The minimum Gasteiger partial charge on any atom is -0.497 e. The lowest BCUT2D eigenvalue weighted by Gasteiger charge is -2.36. The van der Waals surface area contributed by atoms with E-state index in [1.54, 1.807) is 31.4 Å². The maximum Gasteiger partial charge on any atom is 0.255 e. The second-order valence-corrected chi connectivity index (χ2v) is 9.41. The molecule has 5 nitrogen and oxygen atoms in total. The summed E-state index contributed by atoms with van der Waals surface area (Å²) in [5, 5.41) is 3.63. The predicted octanol–water partition coefficient (Wildman–Crippen LogP) is 5.69. The fourth-order valence-electron chi connectivity index (χ4n) is 4.85. The van der Waals surface area contributed by atoms with E-state index in [0.717, 1.165) is 36.1 Å². The van der Waals surface area contributed by atoms with Crippen molar-refractivity contribution in [2.45, 2.75) is 38.5 Å².